The zero-order valence-electron chi connectivity index (χ0n) is 17.6. The van der Waals surface area contributed by atoms with Gasteiger partial charge in [0, 0.05) is 60.3 Å². The number of benzene rings is 1. The van der Waals surface area contributed by atoms with Gasteiger partial charge in [0.05, 0.1) is 6.54 Å². The molecule has 0 bridgehead atoms. The molecule has 1 fully saturated rings. The number of aromatic nitrogens is 3. The third-order valence-electron chi connectivity index (χ3n) is 5.55. The summed E-state index contributed by atoms with van der Waals surface area (Å²) in [7, 11) is 0. The molecule has 1 aliphatic rings. The number of piperazine rings is 1. The topological polar surface area (TPSA) is 81.1 Å². The number of halogens is 2. The second-order valence-corrected chi connectivity index (χ2v) is 8.80. The van der Waals surface area contributed by atoms with Crippen molar-refractivity contribution >= 4 is 17.0 Å². The fraction of sp³-hybridized carbons (Fsp3) is 0.364. The molecule has 10 heteroatoms. The maximum absolute atomic E-state index is 12.8. The van der Waals surface area contributed by atoms with Crippen LogP contribution in [-0.2, 0) is 19.5 Å². The van der Waals surface area contributed by atoms with Crippen LogP contribution in [-0.4, -0.2) is 47.1 Å². The molecule has 0 spiro atoms. The lowest BCUT2D eigenvalue weighted by molar-refractivity contribution is 0.400. The Morgan fingerprint density at radius 3 is 2.56 bits per heavy atom. The number of nitrogens with one attached hydrogen (secondary N) is 1. The number of rotatable bonds is 8. The van der Waals surface area contributed by atoms with Gasteiger partial charge in [-0.3, -0.25) is 4.57 Å². The van der Waals surface area contributed by atoms with Crippen LogP contribution in [0.3, 0.4) is 0 Å². The van der Waals surface area contributed by atoms with Gasteiger partial charge >= 0.3 is 5.69 Å². The highest BCUT2D eigenvalue weighted by atomic mass is 32.1. The number of anilines is 1. The molecule has 1 aliphatic heterocycles. The summed E-state index contributed by atoms with van der Waals surface area (Å²) in [4.78, 5) is 17.1. The fourth-order valence-corrected chi connectivity index (χ4v) is 4.68. The highest BCUT2D eigenvalue weighted by Gasteiger charge is 2.12. The van der Waals surface area contributed by atoms with Crippen molar-refractivity contribution in [2.24, 2.45) is 5.73 Å². The largest absolute Gasteiger partial charge is 0.369 e. The highest BCUT2D eigenvalue weighted by molar-refractivity contribution is 7.15. The van der Waals surface area contributed by atoms with Crippen molar-refractivity contribution in [1.82, 2.24) is 19.7 Å². The molecule has 0 amide bonds. The molecule has 0 aliphatic carbocycles. The molecular weight excluding hydrogens is 434 g/mol. The standard InChI is InChI=1S/C22H26F2N6OS/c23-21(24)17(13-25)14-30-22(31)29(15-27-30)10-7-19-5-6-20(32-19)16-1-3-18(4-2-16)28-11-8-26-9-12-28/h1-6,15,26H,7-14,25H2. The molecule has 1 saturated heterocycles. The lowest BCUT2D eigenvalue weighted by Crippen LogP contribution is -2.43. The average molecular weight is 461 g/mol. The van der Waals surface area contributed by atoms with Gasteiger partial charge in [-0.15, -0.1) is 11.3 Å². The second kappa shape index (κ2) is 10.2. The number of hydrogen-bond donors (Lipinski definition) is 2. The van der Waals surface area contributed by atoms with Crippen molar-refractivity contribution in [3.05, 3.63) is 69.7 Å². The van der Waals surface area contributed by atoms with Crippen LogP contribution in [0.15, 0.2) is 59.2 Å². The Bertz CT molecular complexity index is 1120. The quantitative estimate of drug-likeness (QED) is 0.540. The van der Waals surface area contributed by atoms with Gasteiger partial charge in [0.2, 0.25) is 0 Å². The van der Waals surface area contributed by atoms with Gasteiger partial charge in [-0.25, -0.2) is 9.48 Å². The highest BCUT2D eigenvalue weighted by Crippen LogP contribution is 2.30. The first-order valence-corrected chi connectivity index (χ1v) is 11.4. The van der Waals surface area contributed by atoms with E-state index in [4.69, 9.17) is 5.73 Å². The maximum Gasteiger partial charge on any atom is 0.346 e. The van der Waals surface area contributed by atoms with Gasteiger partial charge in [-0.2, -0.15) is 13.9 Å². The number of nitrogens with zero attached hydrogens (tertiary/aromatic N) is 4. The van der Waals surface area contributed by atoms with E-state index in [0.717, 1.165) is 35.7 Å². The SMILES string of the molecule is NCC(Cn1ncn(CCc2ccc(-c3ccc(N4CCNCC4)cc3)s2)c1=O)=C(F)F. The van der Waals surface area contributed by atoms with E-state index in [1.165, 1.54) is 27.0 Å². The summed E-state index contributed by atoms with van der Waals surface area (Å²) < 4.78 is 28.0. The first kappa shape index (κ1) is 22.4. The minimum atomic E-state index is -1.86. The first-order valence-electron chi connectivity index (χ1n) is 10.6. The van der Waals surface area contributed by atoms with E-state index in [1.54, 1.807) is 11.3 Å². The normalized spacial score (nSPS) is 14.0. The summed E-state index contributed by atoms with van der Waals surface area (Å²) in [5.41, 5.74) is 7.02. The minimum absolute atomic E-state index is 0.289. The predicted molar refractivity (Wildman–Crippen MR) is 123 cm³/mol. The van der Waals surface area contributed by atoms with Crippen LogP contribution in [0.1, 0.15) is 4.88 Å². The van der Waals surface area contributed by atoms with Crippen LogP contribution < -0.4 is 21.6 Å². The van der Waals surface area contributed by atoms with Crippen molar-refractivity contribution < 1.29 is 8.78 Å². The van der Waals surface area contributed by atoms with Crippen LogP contribution in [0.5, 0.6) is 0 Å². The van der Waals surface area contributed by atoms with Gasteiger partial charge < -0.3 is 16.0 Å². The van der Waals surface area contributed by atoms with Crippen molar-refractivity contribution in [2.45, 2.75) is 19.5 Å². The van der Waals surface area contributed by atoms with Crippen molar-refractivity contribution in [2.75, 3.05) is 37.6 Å². The maximum atomic E-state index is 12.8. The Morgan fingerprint density at radius 1 is 1.12 bits per heavy atom. The molecule has 32 heavy (non-hydrogen) atoms. The molecule has 2 aromatic heterocycles. The second-order valence-electron chi connectivity index (χ2n) is 7.63. The number of nitrogens with two attached hydrogens (primary N) is 1. The van der Waals surface area contributed by atoms with Crippen LogP contribution in [0.4, 0.5) is 14.5 Å². The molecule has 7 nitrogen and oxygen atoms in total. The van der Waals surface area contributed by atoms with Gasteiger partial charge in [-0.1, -0.05) is 12.1 Å². The van der Waals surface area contributed by atoms with Gasteiger partial charge in [0.15, 0.2) is 0 Å². The molecule has 0 radical (unpaired) electrons. The number of hydrogen-bond acceptors (Lipinski definition) is 6. The van der Waals surface area contributed by atoms with E-state index in [-0.39, 0.29) is 18.7 Å². The fourth-order valence-electron chi connectivity index (χ4n) is 3.67. The van der Waals surface area contributed by atoms with Crippen molar-refractivity contribution in [3.8, 4) is 10.4 Å². The third-order valence-corrected chi connectivity index (χ3v) is 6.74. The summed E-state index contributed by atoms with van der Waals surface area (Å²) in [6.07, 6.45) is 0.184. The molecule has 170 valence electrons. The Hall–Kier alpha value is -2.82. The number of aryl methyl sites for hydroxylation is 2. The van der Waals surface area contributed by atoms with Crippen LogP contribution in [0.25, 0.3) is 10.4 Å². The molecule has 3 N–H and O–H groups in total. The lowest BCUT2D eigenvalue weighted by Gasteiger charge is -2.29. The van der Waals surface area contributed by atoms with Crippen LogP contribution >= 0.6 is 11.3 Å². The Morgan fingerprint density at radius 2 is 1.88 bits per heavy atom. The predicted octanol–water partition coefficient (Wildman–Crippen LogP) is 2.53. The van der Waals surface area contributed by atoms with Gasteiger partial charge in [-0.05, 0) is 36.2 Å². The van der Waals surface area contributed by atoms with Crippen LogP contribution in [0, 0.1) is 0 Å². The smallest absolute Gasteiger partial charge is 0.346 e. The Labute approximate surface area is 188 Å². The zero-order chi connectivity index (χ0) is 22.5. The third kappa shape index (κ3) is 5.14. The molecular formula is C22H26F2N6OS. The molecule has 0 saturated carbocycles. The van der Waals surface area contributed by atoms with Crippen molar-refractivity contribution in [1.29, 1.82) is 0 Å². The monoisotopic (exact) mass is 460 g/mol. The summed E-state index contributed by atoms with van der Waals surface area (Å²) in [6.45, 7) is 3.88. The van der Waals surface area contributed by atoms with E-state index in [1.807, 2.05) is 0 Å². The molecule has 0 unspecified atom stereocenters. The van der Waals surface area contributed by atoms with Crippen LogP contribution in [0.2, 0.25) is 0 Å². The number of thiophene rings is 1. The lowest BCUT2D eigenvalue weighted by atomic mass is 10.1. The summed E-state index contributed by atoms with van der Waals surface area (Å²) in [5, 5.41) is 7.30. The Balaban J connectivity index is 1.38. The van der Waals surface area contributed by atoms with E-state index in [0.29, 0.717) is 13.0 Å². The molecule has 3 heterocycles. The zero-order valence-corrected chi connectivity index (χ0v) is 18.5. The van der Waals surface area contributed by atoms with Crippen molar-refractivity contribution in [3.63, 3.8) is 0 Å². The van der Waals surface area contributed by atoms with Gasteiger partial charge in [0.1, 0.15) is 6.33 Å². The summed E-state index contributed by atoms with van der Waals surface area (Å²) in [6, 6.07) is 12.8. The summed E-state index contributed by atoms with van der Waals surface area (Å²) >= 11 is 1.69. The molecule has 1 aromatic carbocycles. The van der Waals surface area contributed by atoms with Gasteiger partial charge in [0.25, 0.3) is 6.08 Å². The van der Waals surface area contributed by atoms with E-state index in [2.05, 4.69) is 51.7 Å². The summed E-state index contributed by atoms with van der Waals surface area (Å²) in [5.74, 6) is 0. The molecule has 4 rings (SSSR count). The molecule has 3 aromatic rings. The molecule has 0 atom stereocenters. The Kier molecular flexibility index (Phi) is 7.13. The van der Waals surface area contributed by atoms with E-state index < -0.39 is 11.8 Å². The van der Waals surface area contributed by atoms with E-state index in [9.17, 15) is 13.6 Å². The minimum Gasteiger partial charge on any atom is -0.369 e. The average Bonchev–Trinajstić information content (AvgIpc) is 3.43. The first-order chi connectivity index (χ1) is 15.5. The van der Waals surface area contributed by atoms with E-state index >= 15 is 0 Å².